The molecule has 0 spiro atoms. The van der Waals surface area contributed by atoms with Gasteiger partial charge in [-0.25, -0.2) is 9.59 Å². The van der Waals surface area contributed by atoms with Crippen LogP contribution in [-0.4, -0.2) is 27.6 Å². The van der Waals surface area contributed by atoms with E-state index in [1.807, 2.05) is 26.0 Å². The number of hydrogen-bond donors (Lipinski definition) is 0. The van der Waals surface area contributed by atoms with Crippen molar-refractivity contribution in [3.8, 4) is 0 Å². The summed E-state index contributed by atoms with van der Waals surface area (Å²) in [4.78, 5) is 51.5. The van der Waals surface area contributed by atoms with Gasteiger partial charge in [0.1, 0.15) is 5.58 Å². The first-order chi connectivity index (χ1) is 13.9. The van der Waals surface area contributed by atoms with Crippen molar-refractivity contribution >= 4 is 28.8 Å². The Labute approximate surface area is 166 Å². The van der Waals surface area contributed by atoms with E-state index < -0.39 is 23.5 Å². The predicted molar refractivity (Wildman–Crippen MR) is 105 cm³/mol. The lowest BCUT2D eigenvalue weighted by atomic mass is 10.0. The highest BCUT2D eigenvalue weighted by Crippen LogP contribution is 2.26. The molecule has 4 amide bonds. The zero-order chi connectivity index (χ0) is 20.7. The Morgan fingerprint density at radius 1 is 0.828 bits per heavy atom. The maximum Gasteiger partial charge on any atom is 0.336 e. The molecule has 3 aromatic rings. The second kappa shape index (κ2) is 7.01. The fourth-order valence-corrected chi connectivity index (χ4v) is 3.42. The highest BCUT2D eigenvalue weighted by atomic mass is 16.4. The molecule has 1 aliphatic heterocycles. The van der Waals surface area contributed by atoms with Crippen molar-refractivity contribution in [3.63, 3.8) is 0 Å². The average Bonchev–Trinajstić information content (AvgIpc) is 2.90. The minimum atomic E-state index is -0.906. The van der Waals surface area contributed by atoms with E-state index in [1.54, 1.807) is 30.3 Å². The summed E-state index contributed by atoms with van der Waals surface area (Å²) in [5, 5.41) is 0.627. The van der Waals surface area contributed by atoms with Crippen LogP contribution >= 0.6 is 0 Å². The normalized spacial score (nSPS) is 14.3. The van der Waals surface area contributed by atoms with Gasteiger partial charge in [0.15, 0.2) is 0 Å². The molecule has 29 heavy (non-hydrogen) atoms. The summed E-state index contributed by atoms with van der Waals surface area (Å²) in [6, 6.07) is 13.2. The number of rotatable bonds is 4. The van der Waals surface area contributed by atoms with Gasteiger partial charge in [0.25, 0.3) is 0 Å². The fourth-order valence-electron chi connectivity index (χ4n) is 3.42. The van der Waals surface area contributed by atoms with Crippen molar-refractivity contribution in [2.45, 2.75) is 26.9 Å². The minimum Gasteiger partial charge on any atom is -0.422 e. The number of imide groups is 2. The zero-order valence-electron chi connectivity index (χ0n) is 16.0. The lowest BCUT2D eigenvalue weighted by Gasteiger charge is -2.16. The van der Waals surface area contributed by atoms with Crippen LogP contribution in [0.2, 0.25) is 0 Å². The van der Waals surface area contributed by atoms with Crippen molar-refractivity contribution in [1.29, 1.82) is 0 Å². The van der Waals surface area contributed by atoms with Gasteiger partial charge in [0, 0.05) is 11.5 Å². The lowest BCUT2D eigenvalue weighted by molar-refractivity contribution is -0.143. The van der Waals surface area contributed by atoms with Crippen LogP contribution in [-0.2, 0) is 22.7 Å². The van der Waals surface area contributed by atoms with Gasteiger partial charge in [-0.2, -0.15) is 0 Å². The van der Waals surface area contributed by atoms with Crippen molar-refractivity contribution in [1.82, 2.24) is 9.80 Å². The number of carbonyl (C=O) groups is 3. The van der Waals surface area contributed by atoms with Crippen molar-refractivity contribution in [2.75, 3.05) is 0 Å². The standard InChI is InChI=1S/C22H18N2O5/c1-13-8-9-17-16(10-18(25)29-19(17)14(13)2)12-24-21(27)20(26)23(22(24)28)11-15-6-4-3-5-7-15/h3-10H,11-12H2,1-2H3. The van der Waals surface area contributed by atoms with Crippen LogP contribution in [0.3, 0.4) is 0 Å². The molecule has 4 rings (SSSR count). The molecular weight excluding hydrogens is 372 g/mol. The third-order valence-corrected chi connectivity index (χ3v) is 5.16. The third kappa shape index (κ3) is 3.20. The predicted octanol–water partition coefficient (Wildman–Crippen LogP) is 2.90. The van der Waals surface area contributed by atoms with Crippen LogP contribution in [0.4, 0.5) is 4.79 Å². The molecule has 2 aromatic carbocycles. The molecule has 0 unspecified atom stereocenters. The summed E-state index contributed by atoms with van der Waals surface area (Å²) in [7, 11) is 0. The van der Waals surface area contributed by atoms with E-state index in [9.17, 15) is 19.2 Å². The van der Waals surface area contributed by atoms with Crippen LogP contribution < -0.4 is 5.63 Å². The maximum absolute atomic E-state index is 12.8. The van der Waals surface area contributed by atoms with Gasteiger partial charge in [0.2, 0.25) is 0 Å². The van der Waals surface area contributed by atoms with Gasteiger partial charge in [-0.3, -0.25) is 19.4 Å². The summed E-state index contributed by atoms with van der Waals surface area (Å²) in [5.74, 6) is -1.78. The van der Waals surface area contributed by atoms with E-state index in [-0.39, 0.29) is 13.1 Å². The molecule has 146 valence electrons. The number of amides is 4. The molecule has 1 aliphatic rings. The van der Waals surface area contributed by atoms with Crippen LogP contribution in [0.1, 0.15) is 22.3 Å². The van der Waals surface area contributed by atoms with Crippen molar-refractivity contribution in [3.05, 3.63) is 81.2 Å². The van der Waals surface area contributed by atoms with Gasteiger partial charge in [-0.1, -0.05) is 42.5 Å². The Balaban J connectivity index is 1.69. The molecule has 2 heterocycles. The SMILES string of the molecule is Cc1ccc2c(CN3C(=O)C(=O)N(Cc4ccccc4)C3=O)cc(=O)oc2c1C. The molecule has 1 fully saturated rings. The number of carbonyl (C=O) groups excluding carboxylic acids is 3. The number of benzene rings is 2. The molecule has 0 N–H and O–H groups in total. The molecule has 7 nitrogen and oxygen atoms in total. The second-order valence-electron chi connectivity index (χ2n) is 7.03. The van der Waals surface area contributed by atoms with E-state index in [2.05, 4.69) is 0 Å². The molecule has 0 bridgehead atoms. The fraction of sp³-hybridized carbons (Fsp3) is 0.182. The monoisotopic (exact) mass is 390 g/mol. The average molecular weight is 390 g/mol. The number of fused-ring (bicyclic) bond motifs is 1. The Kier molecular flexibility index (Phi) is 4.50. The molecule has 7 heteroatoms. The van der Waals surface area contributed by atoms with Gasteiger partial charge in [-0.05, 0) is 36.1 Å². The molecule has 1 aromatic heterocycles. The Morgan fingerprint density at radius 2 is 1.48 bits per heavy atom. The smallest absolute Gasteiger partial charge is 0.336 e. The van der Waals surface area contributed by atoms with Crippen LogP contribution in [0.15, 0.2) is 57.7 Å². The van der Waals surface area contributed by atoms with E-state index >= 15 is 0 Å². The van der Waals surface area contributed by atoms with E-state index in [4.69, 9.17) is 4.42 Å². The molecule has 0 aliphatic carbocycles. The number of nitrogens with zero attached hydrogens (tertiary/aromatic N) is 2. The van der Waals surface area contributed by atoms with Gasteiger partial charge >= 0.3 is 23.5 Å². The summed E-state index contributed by atoms with van der Waals surface area (Å²) >= 11 is 0. The summed E-state index contributed by atoms with van der Waals surface area (Å²) < 4.78 is 5.33. The summed E-state index contributed by atoms with van der Waals surface area (Å²) in [6.45, 7) is 3.56. The van der Waals surface area contributed by atoms with Gasteiger partial charge < -0.3 is 4.42 Å². The van der Waals surface area contributed by atoms with Crippen LogP contribution in [0.25, 0.3) is 11.0 Å². The van der Waals surface area contributed by atoms with E-state index in [0.29, 0.717) is 16.5 Å². The summed E-state index contributed by atoms with van der Waals surface area (Å²) in [5.41, 5.74) is 2.79. The molecule has 1 saturated heterocycles. The highest BCUT2D eigenvalue weighted by Gasteiger charge is 2.44. The summed E-state index contributed by atoms with van der Waals surface area (Å²) in [6.07, 6.45) is 0. The first-order valence-electron chi connectivity index (χ1n) is 9.11. The Morgan fingerprint density at radius 3 is 2.17 bits per heavy atom. The zero-order valence-corrected chi connectivity index (χ0v) is 16.0. The first-order valence-corrected chi connectivity index (χ1v) is 9.11. The largest absolute Gasteiger partial charge is 0.422 e. The number of aryl methyl sites for hydroxylation is 2. The molecule has 0 saturated carbocycles. The second-order valence-corrected chi connectivity index (χ2v) is 7.03. The topological polar surface area (TPSA) is 87.9 Å². The van der Waals surface area contributed by atoms with Crippen molar-refractivity contribution in [2.24, 2.45) is 0 Å². The molecule has 0 radical (unpaired) electrons. The quantitative estimate of drug-likeness (QED) is 0.388. The Bertz CT molecular complexity index is 1210. The molecular formula is C22H18N2O5. The maximum atomic E-state index is 12.8. The van der Waals surface area contributed by atoms with E-state index in [1.165, 1.54) is 6.07 Å². The minimum absolute atomic E-state index is 0.0106. The lowest BCUT2D eigenvalue weighted by Crippen LogP contribution is -2.33. The first kappa shape index (κ1) is 18.6. The third-order valence-electron chi connectivity index (χ3n) is 5.16. The van der Waals surface area contributed by atoms with Crippen molar-refractivity contribution < 1.29 is 18.8 Å². The molecule has 0 atom stereocenters. The highest BCUT2D eigenvalue weighted by molar-refractivity contribution is 6.44. The number of hydrogen-bond acceptors (Lipinski definition) is 5. The van der Waals surface area contributed by atoms with Crippen LogP contribution in [0.5, 0.6) is 0 Å². The number of urea groups is 1. The van der Waals surface area contributed by atoms with Gasteiger partial charge in [0.05, 0.1) is 13.1 Å². The van der Waals surface area contributed by atoms with Crippen LogP contribution in [0, 0.1) is 13.8 Å². The van der Waals surface area contributed by atoms with Gasteiger partial charge in [-0.15, -0.1) is 0 Å². The Hall–Kier alpha value is -3.74. The van der Waals surface area contributed by atoms with E-state index in [0.717, 1.165) is 26.5 Å².